The first-order valence-corrected chi connectivity index (χ1v) is 8.44. The molecule has 1 aromatic heterocycles. The predicted octanol–water partition coefficient (Wildman–Crippen LogP) is 4.22. The number of pyridine rings is 1. The van der Waals surface area contributed by atoms with Gasteiger partial charge in [0.2, 0.25) is 0 Å². The van der Waals surface area contributed by atoms with Gasteiger partial charge in [-0.3, -0.25) is 4.79 Å². The lowest BCUT2D eigenvalue weighted by Crippen LogP contribution is -2.13. The molecule has 0 aliphatic rings. The van der Waals surface area contributed by atoms with Gasteiger partial charge in [0.05, 0.1) is 30.6 Å². The molecular weight excluding hydrogens is 326 g/mol. The van der Waals surface area contributed by atoms with Crippen molar-refractivity contribution in [2.45, 2.75) is 6.54 Å². The molecule has 0 unspecified atom stereocenters. The lowest BCUT2D eigenvalue weighted by molar-refractivity contribution is 0.357. The van der Waals surface area contributed by atoms with Gasteiger partial charge < -0.3 is 14.0 Å². The molecule has 0 N–H and O–H groups in total. The lowest BCUT2D eigenvalue weighted by atomic mass is 10.1. The summed E-state index contributed by atoms with van der Waals surface area (Å²) in [6, 6.07) is 21.4. The molecule has 0 saturated carbocycles. The molecule has 4 aromatic rings. The van der Waals surface area contributed by atoms with Crippen LogP contribution in [0.25, 0.3) is 21.8 Å². The SMILES string of the molecule is COc1ccc2c(=O)c3ccccc3n(Cc3ccccc3)c2c1OC. The van der Waals surface area contributed by atoms with Crippen molar-refractivity contribution in [2.75, 3.05) is 14.2 Å². The van der Waals surface area contributed by atoms with E-state index in [0.29, 0.717) is 28.8 Å². The van der Waals surface area contributed by atoms with Crippen molar-refractivity contribution in [3.8, 4) is 11.5 Å². The molecule has 130 valence electrons. The van der Waals surface area contributed by atoms with Gasteiger partial charge in [-0.1, -0.05) is 42.5 Å². The third-order valence-corrected chi connectivity index (χ3v) is 4.66. The Balaban J connectivity index is 2.16. The number of aromatic nitrogens is 1. The molecule has 1 heterocycles. The Morgan fingerprint density at radius 2 is 1.54 bits per heavy atom. The van der Waals surface area contributed by atoms with Crippen LogP contribution in [0.2, 0.25) is 0 Å². The van der Waals surface area contributed by atoms with Crippen LogP contribution in [0.1, 0.15) is 5.56 Å². The van der Waals surface area contributed by atoms with Crippen molar-refractivity contribution < 1.29 is 9.47 Å². The number of para-hydroxylation sites is 1. The second-order valence-electron chi connectivity index (χ2n) is 6.12. The number of rotatable bonds is 4. The number of ether oxygens (including phenoxy) is 2. The molecule has 0 saturated heterocycles. The Bertz CT molecular complexity index is 1150. The average molecular weight is 345 g/mol. The van der Waals surface area contributed by atoms with E-state index in [1.165, 1.54) is 0 Å². The Hall–Kier alpha value is -3.27. The summed E-state index contributed by atoms with van der Waals surface area (Å²) in [5.41, 5.74) is 2.77. The highest BCUT2D eigenvalue weighted by atomic mass is 16.5. The van der Waals surface area contributed by atoms with E-state index in [2.05, 4.69) is 16.7 Å². The summed E-state index contributed by atoms with van der Waals surface area (Å²) in [6.07, 6.45) is 0. The molecule has 0 amide bonds. The topological polar surface area (TPSA) is 40.5 Å². The number of nitrogens with zero attached hydrogens (tertiary/aromatic N) is 1. The number of hydrogen-bond acceptors (Lipinski definition) is 3. The molecule has 0 aliphatic carbocycles. The van der Waals surface area contributed by atoms with Crippen molar-refractivity contribution in [1.29, 1.82) is 0 Å². The molecule has 0 bridgehead atoms. The molecule has 4 nitrogen and oxygen atoms in total. The van der Waals surface area contributed by atoms with Crippen molar-refractivity contribution in [2.24, 2.45) is 0 Å². The van der Waals surface area contributed by atoms with Crippen LogP contribution in [0.4, 0.5) is 0 Å². The highest BCUT2D eigenvalue weighted by Crippen LogP contribution is 2.36. The maximum Gasteiger partial charge on any atom is 0.197 e. The van der Waals surface area contributed by atoms with Crippen LogP contribution in [-0.2, 0) is 6.54 Å². The maximum absolute atomic E-state index is 13.1. The van der Waals surface area contributed by atoms with Gasteiger partial charge in [0.15, 0.2) is 16.9 Å². The molecule has 0 fully saturated rings. The molecule has 4 heteroatoms. The first-order valence-electron chi connectivity index (χ1n) is 8.44. The molecule has 0 atom stereocenters. The Morgan fingerprint density at radius 3 is 2.27 bits per heavy atom. The normalized spacial score (nSPS) is 11.0. The van der Waals surface area contributed by atoms with E-state index >= 15 is 0 Å². The minimum Gasteiger partial charge on any atom is -0.493 e. The van der Waals surface area contributed by atoms with Crippen LogP contribution in [-0.4, -0.2) is 18.8 Å². The fourth-order valence-corrected chi connectivity index (χ4v) is 3.46. The molecular formula is C22H19NO3. The quantitative estimate of drug-likeness (QED) is 0.520. The van der Waals surface area contributed by atoms with E-state index in [-0.39, 0.29) is 5.43 Å². The van der Waals surface area contributed by atoms with E-state index < -0.39 is 0 Å². The summed E-state index contributed by atoms with van der Waals surface area (Å²) in [4.78, 5) is 13.1. The maximum atomic E-state index is 13.1. The van der Waals surface area contributed by atoms with Gasteiger partial charge in [0.25, 0.3) is 0 Å². The van der Waals surface area contributed by atoms with E-state index in [9.17, 15) is 4.79 Å². The van der Waals surface area contributed by atoms with E-state index in [1.807, 2.05) is 48.5 Å². The van der Waals surface area contributed by atoms with Crippen LogP contribution in [0.15, 0.2) is 71.5 Å². The van der Waals surface area contributed by atoms with E-state index in [0.717, 1.165) is 16.6 Å². The van der Waals surface area contributed by atoms with Gasteiger partial charge in [0.1, 0.15) is 0 Å². The molecule has 3 aromatic carbocycles. The van der Waals surface area contributed by atoms with Crippen molar-refractivity contribution in [3.05, 3.63) is 82.5 Å². The van der Waals surface area contributed by atoms with Crippen LogP contribution in [0.3, 0.4) is 0 Å². The molecule has 0 aliphatic heterocycles. The van der Waals surface area contributed by atoms with Gasteiger partial charge >= 0.3 is 0 Å². The third kappa shape index (κ3) is 2.51. The van der Waals surface area contributed by atoms with Gasteiger partial charge in [-0.15, -0.1) is 0 Å². The fraction of sp³-hybridized carbons (Fsp3) is 0.136. The molecule has 26 heavy (non-hydrogen) atoms. The Kier molecular flexibility index (Phi) is 4.09. The number of hydrogen-bond donors (Lipinski definition) is 0. The van der Waals surface area contributed by atoms with Crippen LogP contribution in [0.5, 0.6) is 11.5 Å². The van der Waals surface area contributed by atoms with Crippen LogP contribution >= 0.6 is 0 Å². The standard InChI is InChI=1S/C22H19NO3/c1-25-19-13-12-17-20(22(19)26-2)23(14-15-8-4-3-5-9-15)18-11-7-6-10-16(18)21(17)24/h3-13H,14H2,1-2H3. The smallest absolute Gasteiger partial charge is 0.197 e. The van der Waals surface area contributed by atoms with Gasteiger partial charge in [-0.2, -0.15) is 0 Å². The number of methoxy groups -OCH3 is 2. The highest BCUT2D eigenvalue weighted by Gasteiger charge is 2.18. The summed E-state index contributed by atoms with van der Waals surface area (Å²) < 4.78 is 13.2. The number of benzene rings is 3. The van der Waals surface area contributed by atoms with E-state index in [4.69, 9.17) is 9.47 Å². The second-order valence-corrected chi connectivity index (χ2v) is 6.12. The minimum absolute atomic E-state index is 0.000801. The molecule has 4 rings (SSSR count). The monoisotopic (exact) mass is 345 g/mol. The lowest BCUT2D eigenvalue weighted by Gasteiger charge is -2.19. The average Bonchev–Trinajstić information content (AvgIpc) is 2.70. The zero-order valence-corrected chi connectivity index (χ0v) is 14.7. The van der Waals surface area contributed by atoms with Gasteiger partial charge in [-0.25, -0.2) is 0 Å². The predicted molar refractivity (Wildman–Crippen MR) is 104 cm³/mol. The molecule has 0 radical (unpaired) electrons. The zero-order valence-electron chi connectivity index (χ0n) is 14.7. The summed E-state index contributed by atoms with van der Waals surface area (Å²) in [5.74, 6) is 1.18. The summed E-state index contributed by atoms with van der Waals surface area (Å²) in [5, 5.41) is 1.32. The van der Waals surface area contributed by atoms with E-state index in [1.54, 1.807) is 20.3 Å². The second kappa shape index (κ2) is 6.56. The highest BCUT2D eigenvalue weighted by molar-refractivity contribution is 5.97. The minimum atomic E-state index is 0.000801. The summed E-state index contributed by atoms with van der Waals surface area (Å²) >= 11 is 0. The van der Waals surface area contributed by atoms with Crippen molar-refractivity contribution in [1.82, 2.24) is 4.57 Å². The molecule has 0 spiro atoms. The largest absolute Gasteiger partial charge is 0.493 e. The fourth-order valence-electron chi connectivity index (χ4n) is 3.46. The Morgan fingerprint density at radius 1 is 0.808 bits per heavy atom. The first kappa shape index (κ1) is 16.2. The van der Waals surface area contributed by atoms with Crippen LogP contribution in [0, 0.1) is 0 Å². The van der Waals surface area contributed by atoms with Crippen LogP contribution < -0.4 is 14.9 Å². The number of fused-ring (bicyclic) bond motifs is 2. The van der Waals surface area contributed by atoms with Gasteiger partial charge in [-0.05, 0) is 29.8 Å². The Labute approximate surface area is 151 Å². The summed E-state index contributed by atoms with van der Waals surface area (Å²) in [7, 11) is 3.20. The first-order chi connectivity index (χ1) is 12.7. The summed E-state index contributed by atoms with van der Waals surface area (Å²) in [6.45, 7) is 0.627. The third-order valence-electron chi connectivity index (χ3n) is 4.66. The van der Waals surface area contributed by atoms with Gasteiger partial charge in [0, 0.05) is 11.9 Å². The zero-order chi connectivity index (χ0) is 18.1. The van der Waals surface area contributed by atoms with Crippen molar-refractivity contribution >= 4 is 21.8 Å². The van der Waals surface area contributed by atoms with Crippen molar-refractivity contribution in [3.63, 3.8) is 0 Å².